The number of hydrogen-bond donors (Lipinski definition) is 2. The number of carbonyl (C=O) groups is 1. The molecule has 20 heavy (non-hydrogen) atoms. The van der Waals surface area contributed by atoms with Gasteiger partial charge in [0.25, 0.3) is 0 Å². The van der Waals surface area contributed by atoms with E-state index in [1.807, 2.05) is 36.4 Å². The van der Waals surface area contributed by atoms with Gasteiger partial charge >= 0.3 is 0 Å². The molecule has 0 heterocycles. The summed E-state index contributed by atoms with van der Waals surface area (Å²) >= 11 is 0. The molecule has 0 saturated heterocycles. The molecule has 5 nitrogen and oxygen atoms in total. The molecule has 0 aromatic heterocycles. The predicted molar refractivity (Wildman–Crippen MR) is 79.6 cm³/mol. The zero-order valence-electron chi connectivity index (χ0n) is 11.5. The maximum Gasteiger partial charge on any atom is 0.223 e. The molecule has 2 aromatic carbocycles. The van der Waals surface area contributed by atoms with Gasteiger partial charge in [0.1, 0.15) is 5.75 Å². The van der Waals surface area contributed by atoms with E-state index in [1.54, 1.807) is 7.11 Å². The second-order valence-electron chi connectivity index (χ2n) is 4.36. The Morgan fingerprint density at radius 3 is 2.60 bits per heavy atom. The Morgan fingerprint density at radius 1 is 1.25 bits per heavy atom. The molecule has 2 rings (SSSR count). The van der Waals surface area contributed by atoms with Crippen molar-refractivity contribution in [3.05, 3.63) is 42.0 Å². The Bertz CT molecular complexity index is 665. The molecule has 0 aliphatic carbocycles. The fourth-order valence-electron chi connectivity index (χ4n) is 2.04. The Hall–Kier alpha value is -2.56. The molecule has 104 valence electrons. The second-order valence-corrected chi connectivity index (χ2v) is 4.36. The lowest BCUT2D eigenvalue weighted by Crippen LogP contribution is -2.35. The fourth-order valence-corrected chi connectivity index (χ4v) is 2.04. The number of ether oxygens (including phenoxy) is 1. The topological polar surface area (TPSA) is 76.7 Å². The molecule has 0 radical (unpaired) electrons. The highest BCUT2D eigenvalue weighted by molar-refractivity contribution is 5.95. The lowest BCUT2D eigenvalue weighted by molar-refractivity contribution is -0.117. The molecule has 0 unspecified atom stereocenters. The normalized spacial score (nSPS) is 11.4. The molecule has 0 atom stereocenters. The van der Waals surface area contributed by atoms with Crippen LogP contribution in [0.25, 0.3) is 10.8 Å². The third-order valence-corrected chi connectivity index (χ3v) is 2.92. The summed E-state index contributed by atoms with van der Waals surface area (Å²) in [4.78, 5) is 15.0. The van der Waals surface area contributed by atoms with Crippen LogP contribution in [0.2, 0.25) is 0 Å². The third kappa shape index (κ3) is 3.06. The standard InChI is InChI=1S/C15H17N3O2/c1-10(19)18-15(16)17-9-11-7-8-14(20-2)13-6-4-3-5-12(11)13/h3-8H,9H2,1-2H3,(H3,16,17,18,19). The summed E-state index contributed by atoms with van der Waals surface area (Å²) in [5.41, 5.74) is 6.64. The SMILES string of the molecule is COc1ccc(CN=C(N)NC(C)=O)c2ccccc12. The number of hydrogen-bond acceptors (Lipinski definition) is 3. The van der Waals surface area contributed by atoms with Gasteiger partial charge in [-0.05, 0) is 17.0 Å². The Balaban J connectivity index is 2.34. The lowest BCUT2D eigenvalue weighted by Gasteiger charge is -2.09. The summed E-state index contributed by atoms with van der Waals surface area (Å²) < 4.78 is 5.34. The highest BCUT2D eigenvalue weighted by atomic mass is 16.5. The quantitative estimate of drug-likeness (QED) is 0.660. The summed E-state index contributed by atoms with van der Waals surface area (Å²) in [5.74, 6) is 0.714. The van der Waals surface area contributed by atoms with Crippen molar-refractivity contribution in [2.45, 2.75) is 13.5 Å². The van der Waals surface area contributed by atoms with E-state index in [2.05, 4.69) is 10.3 Å². The van der Waals surface area contributed by atoms with Crippen molar-refractivity contribution in [1.29, 1.82) is 0 Å². The van der Waals surface area contributed by atoms with Crippen molar-refractivity contribution in [2.75, 3.05) is 7.11 Å². The van der Waals surface area contributed by atoms with Gasteiger partial charge in [0.15, 0.2) is 5.96 Å². The van der Waals surface area contributed by atoms with E-state index in [1.165, 1.54) is 6.92 Å². The van der Waals surface area contributed by atoms with E-state index < -0.39 is 0 Å². The summed E-state index contributed by atoms with van der Waals surface area (Å²) in [6, 6.07) is 11.8. The Morgan fingerprint density at radius 2 is 1.95 bits per heavy atom. The number of amides is 1. The van der Waals surface area contributed by atoms with Crippen molar-refractivity contribution in [3.8, 4) is 5.75 Å². The highest BCUT2D eigenvalue weighted by Gasteiger charge is 2.05. The summed E-state index contributed by atoms with van der Waals surface area (Å²) in [7, 11) is 1.65. The molecule has 2 aromatic rings. The smallest absolute Gasteiger partial charge is 0.223 e. The van der Waals surface area contributed by atoms with Crippen LogP contribution in [0.5, 0.6) is 5.75 Å². The number of nitrogens with two attached hydrogens (primary N) is 1. The van der Waals surface area contributed by atoms with E-state index in [9.17, 15) is 4.79 Å². The Kier molecular flexibility index (Phi) is 4.20. The van der Waals surface area contributed by atoms with Crippen LogP contribution in [0.15, 0.2) is 41.4 Å². The molecule has 0 bridgehead atoms. The van der Waals surface area contributed by atoms with E-state index in [0.29, 0.717) is 6.54 Å². The minimum absolute atomic E-state index is 0.123. The number of rotatable bonds is 3. The van der Waals surface area contributed by atoms with Crippen LogP contribution < -0.4 is 15.8 Å². The van der Waals surface area contributed by atoms with Crippen molar-refractivity contribution in [2.24, 2.45) is 10.7 Å². The molecule has 5 heteroatoms. The number of guanidine groups is 1. The minimum Gasteiger partial charge on any atom is -0.496 e. The van der Waals surface area contributed by atoms with Crippen LogP contribution in [-0.4, -0.2) is 19.0 Å². The van der Waals surface area contributed by atoms with Crippen LogP contribution in [0.4, 0.5) is 0 Å². The molecule has 0 aliphatic rings. The first-order valence-electron chi connectivity index (χ1n) is 6.24. The van der Waals surface area contributed by atoms with Crippen molar-refractivity contribution < 1.29 is 9.53 Å². The van der Waals surface area contributed by atoms with E-state index >= 15 is 0 Å². The maximum atomic E-state index is 10.9. The van der Waals surface area contributed by atoms with Crippen LogP contribution in [-0.2, 0) is 11.3 Å². The molecule has 3 N–H and O–H groups in total. The van der Waals surface area contributed by atoms with Gasteiger partial charge in [-0.15, -0.1) is 0 Å². The van der Waals surface area contributed by atoms with Crippen molar-refractivity contribution in [1.82, 2.24) is 5.32 Å². The van der Waals surface area contributed by atoms with Gasteiger partial charge in [-0.25, -0.2) is 4.99 Å². The monoisotopic (exact) mass is 271 g/mol. The second kappa shape index (κ2) is 6.06. The number of nitrogens with one attached hydrogen (secondary N) is 1. The molecule has 0 fully saturated rings. The maximum absolute atomic E-state index is 10.9. The van der Waals surface area contributed by atoms with Gasteiger partial charge in [0.2, 0.25) is 5.91 Å². The van der Waals surface area contributed by atoms with E-state index in [-0.39, 0.29) is 11.9 Å². The van der Waals surface area contributed by atoms with Gasteiger partial charge in [-0.1, -0.05) is 30.3 Å². The number of benzene rings is 2. The first-order chi connectivity index (χ1) is 9.61. The molecule has 0 saturated carbocycles. The van der Waals surface area contributed by atoms with Gasteiger partial charge in [-0.3, -0.25) is 10.1 Å². The fraction of sp³-hybridized carbons (Fsp3) is 0.200. The summed E-state index contributed by atoms with van der Waals surface area (Å²) in [5, 5.41) is 4.54. The zero-order valence-corrected chi connectivity index (χ0v) is 11.5. The molecular weight excluding hydrogens is 254 g/mol. The van der Waals surface area contributed by atoms with Crippen LogP contribution >= 0.6 is 0 Å². The summed E-state index contributed by atoms with van der Waals surface area (Å²) in [6.07, 6.45) is 0. The molecular formula is C15H17N3O2. The predicted octanol–water partition coefficient (Wildman–Crippen LogP) is 1.80. The third-order valence-electron chi connectivity index (χ3n) is 2.92. The zero-order chi connectivity index (χ0) is 14.5. The summed E-state index contributed by atoms with van der Waals surface area (Å²) in [6.45, 7) is 1.79. The van der Waals surface area contributed by atoms with Gasteiger partial charge in [0.05, 0.1) is 13.7 Å². The number of carbonyl (C=O) groups excluding carboxylic acids is 1. The van der Waals surface area contributed by atoms with Crippen molar-refractivity contribution >= 4 is 22.6 Å². The first-order valence-corrected chi connectivity index (χ1v) is 6.24. The van der Waals surface area contributed by atoms with E-state index in [0.717, 1.165) is 22.1 Å². The lowest BCUT2D eigenvalue weighted by atomic mass is 10.0. The van der Waals surface area contributed by atoms with Crippen LogP contribution in [0, 0.1) is 0 Å². The van der Waals surface area contributed by atoms with Crippen molar-refractivity contribution in [3.63, 3.8) is 0 Å². The molecule has 0 spiro atoms. The average molecular weight is 271 g/mol. The number of methoxy groups -OCH3 is 1. The van der Waals surface area contributed by atoms with Crippen LogP contribution in [0.3, 0.4) is 0 Å². The van der Waals surface area contributed by atoms with Gasteiger partial charge in [0, 0.05) is 12.3 Å². The number of fused-ring (bicyclic) bond motifs is 1. The number of aliphatic imine (C=N–C) groups is 1. The van der Waals surface area contributed by atoms with E-state index in [4.69, 9.17) is 10.5 Å². The minimum atomic E-state index is -0.231. The molecule has 0 aliphatic heterocycles. The largest absolute Gasteiger partial charge is 0.496 e. The highest BCUT2D eigenvalue weighted by Crippen LogP contribution is 2.28. The molecule has 1 amide bonds. The first kappa shape index (κ1) is 13.9. The number of nitrogens with zero attached hydrogens (tertiary/aromatic N) is 1. The Labute approximate surface area is 117 Å². The van der Waals surface area contributed by atoms with Crippen LogP contribution in [0.1, 0.15) is 12.5 Å². The van der Waals surface area contributed by atoms with Gasteiger partial charge < -0.3 is 10.5 Å². The van der Waals surface area contributed by atoms with Gasteiger partial charge in [-0.2, -0.15) is 0 Å². The average Bonchev–Trinajstić information content (AvgIpc) is 2.44.